The highest BCUT2D eigenvalue weighted by Crippen LogP contribution is 2.07. The maximum atomic E-state index is 11.6. The number of carbonyl (C=O) groups is 1. The van der Waals surface area contributed by atoms with Gasteiger partial charge in [0.2, 0.25) is 0 Å². The van der Waals surface area contributed by atoms with E-state index < -0.39 is 6.10 Å². The molecule has 0 saturated carbocycles. The number of nitrogens with one attached hydrogen (secondary N) is 1. The summed E-state index contributed by atoms with van der Waals surface area (Å²) in [4.78, 5) is 15.5. The predicted molar refractivity (Wildman–Crippen MR) is 53.4 cm³/mol. The van der Waals surface area contributed by atoms with Crippen LogP contribution in [0, 0.1) is 0 Å². The zero-order valence-electron chi connectivity index (χ0n) is 8.18. The Balaban J connectivity index is 1.91. The van der Waals surface area contributed by atoms with Crippen molar-refractivity contribution in [3.05, 3.63) is 24.5 Å². The Bertz CT molecular complexity index is 323. The van der Waals surface area contributed by atoms with Gasteiger partial charge < -0.3 is 14.8 Å². The van der Waals surface area contributed by atoms with Gasteiger partial charge in [0.05, 0.1) is 31.7 Å². The van der Waals surface area contributed by atoms with Gasteiger partial charge in [0, 0.05) is 6.20 Å². The van der Waals surface area contributed by atoms with Crippen molar-refractivity contribution in [2.75, 3.05) is 25.1 Å². The molecule has 80 valence electrons. The monoisotopic (exact) mass is 208 g/mol. The second kappa shape index (κ2) is 4.86. The number of nitrogens with zero attached hydrogens (tertiary/aromatic N) is 1. The van der Waals surface area contributed by atoms with Crippen LogP contribution in [0.15, 0.2) is 24.5 Å². The fraction of sp³-hybridized carbons (Fsp3) is 0.400. The van der Waals surface area contributed by atoms with Crippen LogP contribution >= 0.6 is 0 Å². The minimum Gasteiger partial charge on any atom is -0.376 e. The lowest BCUT2D eigenvalue weighted by Crippen LogP contribution is -2.39. The van der Waals surface area contributed by atoms with Crippen LogP contribution in [0.1, 0.15) is 0 Å². The quantitative estimate of drug-likeness (QED) is 0.765. The predicted octanol–water partition coefficient (Wildman–Crippen LogP) is 0.435. The van der Waals surface area contributed by atoms with E-state index in [2.05, 4.69) is 10.3 Å². The first-order valence-electron chi connectivity index (χ1n) is 4.76. The summed E-state index contributed by atoms with van der Waals surface area (Å²) < 4.78 is 10.4. The van der Waals surface area contributed by atoms with Crippen LogP contribution < -0.4 is 5.32 Å². The molecule has 1 fully saturated rings. The Kier molecular flexibility index (Phi) is 3.26. The van der Waals surface area contributed by atoms with Crippen molar-refractivity contribution in [1.29, 1.82) is 0 Å². The van der Waals surface area contributed by atoms with E-state index >= 15 is 0 Å². The van der Waals surface area contributed by atoms with Crippen LogP contribution in [0.3, 0.4) is 0 Å². The Morgan fingerprint density at radius 2 is 2.47 bits per heavy atom. The fourth-order valence-corrected chi connectivity index (χ4v) is 1.30. The first-order chi connectivity index (χ1) is 7.36. The van der Waals surface area contributed by atoms with Crippen molar-refractivity contribution in [1.82, 2.24) is 4.98 Å². The van der Waals surface area contributed by atoms with Crippen molar-refractivity contribution < 1.29 is 14.3 Å². The average molecular weight is 208 g/mol. The van der Waals surface area contributed by atoms with E-state index in [1.807, 2.05) is 0 Å². The average Bonchev–Trinajstić information content (AvgIpc) is 2.31. The number of aromatic nitrogens is 1. The van der Waals surface area contributed by atoms with Crippen molar-refractivity contribution in [3.8, 4) is 0 Å². The van der Waals surface area contributed by atoms with Crippen LogP contribution in [-0.2, 0) is 14.3 Å². The lowest BCUT2D eigenvalue weighted by atomic mass is 10.3. The molecule has 2 rings (SSSR count). The van der Waals surface area contributed by atoms with E-state index in [1.54, 1.807) is 24.5 Å². The number of hydrogen-bond acceptors (Lipinski definition) is 4. The van der Waals surface area contributed by atoms with Crippen LogP contribution in [0.25, 0.3) is 0 Å². The summed E-state index contributed by atoms with van der Waals surface area (Å²) >= 11 is 0. The number of pyridine rings is 1. The lowest BCUT2D eigenvalue weighted by molar-refractivity contribution is -0.142. The zero-order chi connectivity index (χ0) is 10.5. The summed E-state index contributed by atoms with van der Waals surface area (Å²) in [5.41, 5.74) is 0.664. The summed E-state index contributed by atoms with van der Waals surface area (Å²) in [7, 11) is 0. The van der Waals surface area contributed by atoms with Crippen molar-refractivity contribution in [2.24, 2.45) is 0 Å². The molecule has 0 aliphatic carbocycles. The molecule has 1 aromatic rings. The highest BCUT2D eigenvalue weighted by Gasteiger charge is 2.22. The van der Waals surface area contributed by atoms with Crippen LogP contribution in [-0.4, -0.2) is 36.8 Å². The minimum atomic E-state index is -0.515. The van der Waals surface area contributed by atoms with Gasteiger partial charge in [-0.1, -0.05) is 0 Å². The standard InChI is InChI=1S/C10H12N2O3/c13-10(9-7-14-4-5-15-9)12-8-2-1-3-11-6-8/h1-3,6,9H,4-5,7H2,(H,12,13). The molecule has 5 heteroatoms. The van der Waals surface area contributed by atoms with Crippen molar-refractivity contribution >= 4 is 11.6 Å². The number of carbonyl (C=O) groups excluding carboxylic acids is 1. The molecule has 2 heterocycles. The first-order valence-corrected chi connectivity index (χ1v) is 4.76. The molecule has 15 heavy (non-hydrogen) atoms. The largest absolute Gasteiger partial charge is 0.376 e. The summed E-state index contributed by atoms with van der Waals surface area (Å²) in [6.07, 6.45) is 2.72. The van der Waals surface area contributed by atoms with Gasteiger partial charge in [-0.2, -0.15) is 0 Å². The van der Waals surface area contributed by atoms with Gasteiger partial charge in [-0.25, -0.2) is 0 Å². The molecular weight excluding hydrogens is 196 g/mol. The maximum absolute atomic E-state index is 11.6. The van der Waals surface area contributed by atoms with Gasteiger partial charge >= 0.3 is 0 Å². The second-order valence-electron chi connectivity index (χ2n) is 3.17. The molecule has 1 atom stereocenters. The highest BCUT2D eigenvalue weighted by atomic mass is 16.6. The smallest absolute Gasteiger partial charge is 0.255 e. The van der Waals surface area contributed by atoms with E-state index in [0.29, 0.717) is 25.5 Å². The maximum Gasteiger partial charge on any atom is 0.255 e. The van der Waals surface area contributed by atoms with Gasteiger partial charge in [0.25, 0.3) is 5.91 Å². The zero-order valence-corrected chi connectivity index (χ0v) is 8.18. The molecule has 0 radical (unpaired) electrons. The van der Waals surface area contributed by atoms with E-state index in [-0.39, 0.29) is 5.91 Å². The minimum absolute atomic E-state index is 0.192. The van der Waals surface area contributed by atoms with E-state index in [4.69, 9.17) is 9.47 Å². The third kappa shape index (κ3) is 2.74. The molecule has 1 aromatic heterocycles. The normalized spacial score (nSPS) is 20.9. The number of hydrogen-bond donors (Lipinski definition) is 1. The molecule has 0 spiro atoms. The summed E-state index contributed by atoms with van der Waals surface area (Å²) in [5.74, 6) is -0.192. The van der Waals surface area contributed by atoms with Crippen molar-refractivity contribution in [2.45, 2.75) is 6.10 Å². The summed E-state index contributed by atoms with van der Waals surface area (Å²) in [6, 6.07) is 3.53. The van der Waals surface area contributed by atoms with Crippen LogP contribution in [0.4, 0.5) is 5.69 Å². The molecular formula is C10H12N2O3. The number of ether oxygens (including phenoxy) is 2. The first kappa shape index (κ1) is 10.1. The molecule has 1 unspecified atom stereocenters. The Hall–Kier alpha value is -1.46. The molecule has 1 aliphatic heterocycles. The third-order valence-corrected chi connectivity index (χ3v) is 2.04. The summed E-state index contributed by atoms with van der Waals surface area (Å²) in [5, 5.41) is 2.71. The summed E-state index contributed by atoms with van der Waals surface area (Å²) in [6.45, 7) is 1.33. The SMILES string of the molecule is O=C(Nc1cccnc1)C1COCCO1. The Morgan fingerprint density at radius 3 is 3.13 bits per heavy atom. The van der Waals surface area contributed by atoms with Gasteiger partial charge in [0.15, 0.2) is 6.10 Å². The number of amides is 1. The van der Waals surface area contributed by atoms with Gasteiger partial charge in [-0.3, -0.25) is 9.78 Å². The van der Waals surface area contributed by atoms with Gasteiger partial charge in [-0.05, 0) is 12.1 Å². The molecule has 5 nitrogen and oxygen atoms in total. The second-order valence-corrected chi connectivity index (χ2v) is 3.17. The van der Waals surface area contributed by atoms with Gasteiger partial charge in [0.1, 0.15) is 0 Å². The molecule has 1 aliphatic rings. The Labute approximate surface area is 87.4 Å². The van der Waals surface area contributed by atoms with E-state index in [1.165, 1.54) is 0 Å². The van der Waals surface area contributed by atoms with Crippen LogP contribution in [0.5, 0.6) is 0 Å². The van der Waals surface area contributed by atoms with Crippen LogP contribution in [0.2, 0.25) is 0 Å². The topological polar surface area (TPSA) is 60.5 Å². The van der Waals surface area contributed by atoms with Crippen molar-refractivity contribution in [3.63, 3.8) is 0 Å². The Morgan fingerprint density at radius 1 is 1.53 bits per heavy atom. The molecule has 1 N–H and O–H groups in total. The third-order valence-electron chi connectivity index (χ3n) is 2.04. The number of anilines is 1. The molecule has 0 bridgehead atoms. The van der Waals surface area contributed by atoms with E-state index in [0.717, 1.165) is 0 Å². The van der Waals surface area contributed by atoms with Gasteiger partial charge in [-0.15, -0.1) is 0 Å². The highest BCUT2D eigenvalue weighted by molar-refractivity contribution is 5.94. The molecule has 1 amide bonds. The van der Waals surface area contributed by atoms with E-state index in [9.17, 15) is 4.79 Å². The molecule has 1 saturated heterocycles. The fourth-order valence-electron chi connectivity index (χ4n) is 1.30. The molecule has 0 aromatic carbocycles. The lowest BCUT2D eigenvalue weighted by Gasteiger charge is -2.21. The number of rotatable bonds is 2.